The van der Waals surface area contributed by atoms with E-state index in [4.69, 9.17) is 0 Å². The first-order chi connectivity index (χ1) is 14.1. The predicted molar refractivity (Wildman–Crippen MR) is 113 cm³/mol. The molecular formula is C23H30N4O2. The number of amides is 2. The predicted octanol–water partition coefficient (Wildman–Crippen LogP) is 3.76. The highest BCUT2D eigenvalue weighted by molar-refractivity contribution is 6.06. The molecule has 2 aromatic rings. The number of likely N-dealkylation sites (tertiary alicyclic amines) is 1. The van der Waals surface area contributed by atoms with E-state index in [1.54, 1.807) is 4.90 Å². The number of carbonyl (C=O) groups is 2. The molecule has 2 aliphatic rings. The minimum absolute atomic E-state index is 0.0261. The van der Waals surface area contributed by atoms with Crippen molar-refractivity contribution in [2.24, 2.45) is 5.92 Å². The van der Waals surface area contributed by atoms with Crippen LogP contribution in [-0.2, 0) is 13.0 Å². The fourth-order valence-corrected chi connectivity index (χ4v) is 4.41. The molecule has 0 aliphatic carbocycles. The van der Waals surface area contributed by atoms with Crippen LogP contribution in [0.5, 0.6) is 0 Å². The van der Waals surface area contributed by atoms with Crippen molar-refractivity contribution in [3.8, 4) is 0 Å². The van der Waals surface area contributed by atoms with Crippen LogP contribution < -0.4 is 4.90 Å². The lowest BCUT2D eigenvalue weighted by Crippen LogP contribution is -2.39. The second kappa shape index (κ2) is 8.39. The SMILES string of the molecule is CCN(C(=O)c1nc(C(=O)N2CCC(C)CC2)n2c1CCCC2)c1ccccc1. The highest BCUT2D eigenvalue weighted by Crippen LogP contribution is 2.26. The van der Waals surface area contributed by atoms with Gasteiger partial charge in [-0.1, -0.05) is 25.1 Å². The summed E-state index contributed by atoms with van der Waals surface area (Å²) < 4.78 is 2.01. The van der Waals surface area contributed by atoms with Crippen molar-refractivity contribution in [2.45, 2.75) is 52.5 Å². The second-order valence-electron chi connectivity index (χ2n) is 8.20. The molecule has 2 aliphatic heterocycles. The summed E-state index contributed by atoms with van der Waals surface area (Å²) in [5, 5.41) is 0. The van der Waals surface area contributed by atoms with Crippen molar-refractivity contribution in [3.63, 3.8) is 0 Å². The average molecular weight is 395 g/mol. The maximum Gasteiger partial charge on any atom is 0.289 e. The maximum absolute atomic E-state index is 13.4. The van der Waals surface area contributed by atoms with Gasteiger partial charge >= 0.3 is 0 Å². The Bertz CT molecular complexity index is 882. The van der Waals surface area contributed by atoms with Crippen molar-refractivity contribution >= 4 is 17.5 Å². The fourth-order valence-electron chi connectivity index (χ4n) is 4.41. The van der Waals surface area contributed by atoms with E-state index in [0.717, 1.165) is 63.1 Å². The van der Waals surface area contributed by atoms with E-state index in [1.807, 2.05) is 46.7 Å². The summed E-state index contributed by atoms with van der Waals surface area (Å²) in [5.74, 6) is 0.966. The largest absolute Gasteiger partial charge is 0.336 e. The highest BCUT2D eigenvalue weighted by atomic mass is 16.2. The Balaban J connectivity index is 1.67. The molecule has 1 saturated heterocycles. The molecular weight excluding hydrogens is 364 g/mol. The minimum Gasteiger partial charge on any atom is -0.336 e. The van der Waals surface area contributed by atoms with E-state index >= 15 is 0 Å². The van der Waals surface area contributed by atoms with Gasteiger partial charge < -0.3 is 14.4 Å². The smallest absolute Gasteiger partial charge is 0.289 e. The topological polar surface area (TPSA) is 58.4 Å². The molecule has 0 unspecified atom stereocenters. The number of benzene rings is 1. The highest BCUT2D eigenvalue weighted by Gasteiger charge is 2.32. The van der Waals surface area contributed by atoms with Gasteiger partial charge in [-0.3, -0.25) is 9.59 Å². The lowest BCUT2D eigenvalue weighted by atomic mass is 9.99. The number of aromatic nitrogens is 2. The molecule has 0 radical (unpaired) electrons. The number of hydrogen-bond acceptors (Lipinski definition) is 3. The summed E-state index contributed by atoms with van der Waals surface area (Å²) in [7, 11) is 0. The van der Waals surface area contributed by atoms with Crippen LogP contribution in [0.3, 0.4) is 0 Å². The second-order valence-corrected chi connectivity index (χ2v) is 8.20. The minimum atomic E-state index is -0.115. The molecule has 1 aromatic carbocycles. The van der Waals surface area contributed by atoms with Crippen molar-refractivity contribution in [3.05, 3.63) is 47.5 Å². The van der Waals surface area contributed by atoms with E-state index in [0.29, 0.717) is 24.0 Å². The average Bonchev–Trinajstić information content (AvgIpc) is 3.15. The van der Waals surface area contributed by atoms with Gasteiger partial charge in [0.15, 0.2) is 11.5 Å². The van der Waals surface area contributed by atoms with Crippen LogP contribution in [0.25, 0.3) is 0 Å². The number of fused-ring (bicyclic) bond motifs is 1. The van der Waals surface area contributed by atoms with Gasteiger partial charge in [0.1, 0.15) is 0 Å². The zero-order valence-electron chi connectivity index (χ0n) is 17.4. The van der Waals surface area contributed by atoms with Gasteiger partial charge in [0, 0.05) is 31.9 Å². The molecule has 4 rings (SSSR count). The van der Waals surface area contributed by atoms with Gasteiger partial charge in [0.05, 0.1) is 5.69 Å². The first-order valence-electron chi connectivity index (χ1n) is 10.9. The molecule has 6 nitrogen and oxygen atoms in total. The van der Waals surface area contributed by atoms with Gasteiger partial charge in [-0.15, -0.1) is 0 Å². The Kier molecular flexibility index (Phi) is 5.69. The number of piperidine rings is 1. The molecule has 3 heterocycles. The molecule has 0 spiro atoms. The third kappa shape index (κ3) is 3.80. The quantitative estimate of drug-likeness (QED) is 0.793. The van der Waals surface area contributed by atoms with E-state index in [1.165, 1.54) is 0 Å². The number of imidazole rings is 1. The number of anilines is 1. The van der Waals surface area contributed by atoms with Crippen LogP contribution in [0.1, 0.15) is 66.3 Å². The first-order valence-corrected chi connectivity index (χ1v) is 10.9. The lowest BCUT2D eigenvalue weighted by molar-refractivity contribution is 0.0678. The first kappa shape index (κ1) is 19.7. The summed E-state index contributed by atoms with van der Waals surface area (Å²) in [4.78, 5) is 35.0. The summed E-state index contributed by atoms with van der Waals surface area (Å²) in [6.07, 6.45) is 4.90. The van der Waals surface area contributed by atoms with Crippen LogP contribution in [0, 0.1) is 5.92 Å². The number of rotatable bonds is 4. The monoisotopic (exact) mass is 394 g/mol. The Morgan fingerprint density at radius 3 is 2.52 bits per heavy atom. The third-order valence-corrected chi connectivity index (χ3v) is 6.21. The molecule has 6 heteroatoms. The van der Waals surface area contributed by atoms with E-state index in [2.05, 4.69) is 11.9 Å². The molecule has 0 N–H and O–H groups in total. The van der Waals surface area contributed by atoms with Crippen molar-refractivity contribution in [2.75, 3.05) is 24.5 Å². The van der Waals surface area contributed by atoms with Crippen LogP contribution in [-0.4, -0.2) is 45.9 Å². The number of carbonyl (C=O) groups excluding carboxylic acids is 2. The molecule has 0 atom stereocenters. The molecule has 154 valence electrons. The maximum atomic E-state index is 13.4. The van der Waals surface area contributed by atoms with Crippen molar-refractivity contribution in [1.82, 2.24) is 14.5 Å². The third-order valence-electron chi connectivity index (χ3n) is 6.21. The van der Waals surface area contributed by atoms with Gasteiger partial charge in [0.2, 0.25) is 0 Å². The van der Waals surface area contributed by atoms with Crippen molar-refractivity contribution in [1.29, 1.82) is 0 Å². The number of nitrogens with zero attached hydrogens (tertiary/aromatic N) is 4. The fraction of sp³-hybridized carbons (Fsp3) is 0.522. The molecule has 2 amide bonds. The Hall–Kier alpha value is -2.63. The van der Waals surface area contributed by atoms with Gasteiger partial charge in [-0.25, -0.2) is 4.98 Å². The molecule has 0 bridgehead atoms. The Morgan fingerprint density at radius 2 is 1.83 bits per heavy atom. The van der Waals surface area contributed by atoms with Gasteiger partial charge in [0.25, 0.3) is 11.8 Å². The van der Waals surface area contributed by atoms with E-state index in [9.17, 15) is 9.59 Å². The number of para-hydroxylation sites is 1. The summed E-state index contributed by atoms with van der Waals surface area (Å²) in [5.41, 5.74) is 2.23. The van der Waals surface area contributed by atoms with Crippen LogP contribution >= 0.6 is 0 Å². The Morgan fingerprint density at radius 1 is 1.10 bits per heavy atom. The summed E-state index contributed by atoms with van der Waals surface area (Å²) in [6, 6.07) is 9.67. The van der Waals surface area contributed by atoms with E-state index in [-0.39, 0.29) is 11.8 Å². The number of hydrogen-bond donors (Lipinski definition) is 0. The van der Waals surface area contributed by atoms with Gasteiger partial charge in [-0.2, -0.15) is 0 Å². The molecule has 29 heavy (non-hydrogen) atoms. The standard InChI is InChI=1S/C23H30N4O2/c1-3-26(18-9-5-4-6-10-18)22(28)20-19-11-7-8-14-27(19)21(24-20)23(29)25-15-12-17(2)13-16-25/h4-6,9-10,17H,3,7-8,11-16H2,1-2H3. The van der Waals surface area contributed by atoms with Crippen LogP contribution in [0.4, 0.5) is 5.69 Å². The van der Waals surface area contributed by atoms with Crippen LogP contribution in [0.15, 0.2) is 30.3 Å². The summed E-state index contributed by atoms with van der Waals surface area (Å²) >= 11 is 0. The zero-order valence-corrected chi connectivity index (χ0v) is 17.4. The zero-order chi connectivity index (χ0) is 20.4. The molecule has 1 fully saturated rings. The van der Waals surface area contributed by atoms with Crippen LogP contribution in [0.2, 0.25) is 0 Å². The Labute approximate surface area is 172 Å². The normalized spacial score (nSPS) is 17.1. The lowest BCUT2D eigenvalue weighted by Gasteiger charge is -2.30. The molecule has 0 saturated carbocycles. The summed E-state index contributed by atoms with van der Waals surface area (Å²) in [6.45, 7) is 7.07. The van der Waals surface area contributed by atoms with Crippen molar-refractivity contribution < 1.29 is 9.59 Å². The molecule has 1 aromatic heterocycles. The van der Waals surface area contributed by atoms with Gasteiger partial charge in [-0.05, 0) is 57.1 Å². The van der Waals surface area contributed by atoms with E-state index < -0.39 is 0 Å².